The van der Waals surface area contributed by atoms with Crippen LogP contribution in [0.1, 0.15) is 38.2 Å². The molecule has 1 aromatic rings. The quantitative estimate of drug-likeness (QED) is 0.614. The number of anilines is 1. The number of aryl methyl sites for hydroxylation is 1. The number of guanidine groups is 1. The van der Waals surface area contributed by atoms with E-state index in [1.54, 1.807) is 7.05 Å². The number of carbonyl (C=O) groups is 1. The van der Waals surface area contributed by atoms with Crippen molar-refractivity contribution in [2.24, 2.45) is 4.99 Å². The first-order chi connectivity index (χ1) is 13.2. The molecule has 6 nitrogen and oxygen atoms in total. The van der Waals surface area contributed by atoms with Gasteiger partial charge in [-0.05, 0) is 50.3 Å². The Morgan fingerprint density at radius 3 is 2.74 bits per heavy atom. The molecule has 0 aliphatic carbocycles. The first-order valence-electron chi connectivity index (χ1n) is 10.3. The average molecular weight is 372 g/mol. The fraction of sp³-hybridized carbons (Fsp3) is 0.619. The summed E-state index contributed by atoms with van der Waals surface area (Å²) in [6.45, 7) is 6.74. The van der Waals surface area contributed by atoms with Gasteiger partial charge in [-0.25, -0.2) is 0 Å². The lowest BCUT2D eigenvalue weighted by atomic mass is 10.0. The number of likely N-dealkylation sites (tertiary alicyclic amines) is 1. The maximum Gasteiger partial charge on any atom is 0.246 e. The molecular formula is C21H33N5O. The van der Waals surface area contributed by atoms with Gasteiger partial charge < -0.3 is 20.4 Å². The summed E-state index contributed by atoms with van der Waals surface area (Å²) in [4.78, 5) is 21.5. The summed E-state index contributed by atoms with van der Waals surface area (Å²) in [5.41, 5.74) is 2.32. The number of para-hydroxylation sites is 1. The zero-order valence-corrected chi connectivity index (χ0v) is 16.7. The minimum absolute atomic E-state index is 0.0999. The lowest BCUT2D eigenvalue weighted by molar-refractivity contribution is -0.117. The molecule has 2 N–H and O–H groups in total. The first kappa shape index (κ1) is 19.7. The monoisotopic (exact) mass is 371 g/mol. The number of nitrogens with zero attached hydrogens (tertiary/aromatic N) is 3. The largest absolute Gasteiger partial charge is 0.354 e. The Labute approximate surface area is 163 Å². The third kappa shape index (κ3) is 5.22. The van der Waals surface area contributed by atoms with E-state index in [9.17, 15) is 4.79 Å². The van der Waals surface area contributed by atoms with Crippen molar-refractivity contribution in [3.05, 3.63) is 29.8 Å². The maximum absolute atomic E-state index is 12.8. The Hall–Kier alpha value is -2.08. The zero-order valence-electron chi connectivity index (χ0n) is 16.7. The Kier molecular flexibility index (Phi) is 7.10. The molecule has 148 valence electrons. The van der Waals surface area contributed by atoms with Crippen molar-refractivity contribution < 1.29 is 4.79 Å². The topological polar surface area (TPSA) is 60.0 Å². The predicted octanol–water partition coefficient (Wildman–Crippen LogP) is 2.01. The molecule has 0 unspecified atom stereocenters. The predicted molar refractivity (Wildman–Crippen MR) is 111 cm³/mol. The Morgan fingerprint density at radius 2 is 2.00 bits per heavy atom. The van der Waals surface area contributed by atoms with E-state index in [4.69, 9.17) is 0 Å². The molecule has 1 fully saturated rings. The minimum Gasteiger partial charge on any atom is -0.354 e. The molecule has 27 heavy (non-hydrogen) atoms. The van der Waals surface area contributed by atoms with E-state index >= 15 is 0 Å². The van der Waals surface area contributed by atoms with Gasteiger partial charge in [-0.1, -0.05) is 25.1 Å². The second-order valence-electron chi connectivity index (χ2n) is 7.46. The van der Waals surface area contributed by atoms with E-state index in [-0.39, 0.29) is 12.5 Å². The molecule has 0 spiro atoms. The molecule has 0 aromatic heterocycles. The highest BCUT2D eigenvalue weighted by atomic mass is 16.2. The van der Waals surface area contributed by atoms with Crippen molar-refractivity contribution in [3.63, 3.8) is 0 Å². The molecule has 0 saturated carbocycles. The first-order valence-corrected chi connectivity index (χ1v) is 10.3. The standard InChI is InChI=1S/C21H33N5O/c1-3-12-25-14-10-18(11-15-25)24-21(22-2)23-16-20(27)26-13-6-8-17-7-4-5-9-19(17)26/h4-5,7,9,18H,3,6,8,10-16H2,1-2H3,(H2,22,23,24). The average Bonchev–Trinajstić information content (AvgIpc) is 2.72. The lowest BCUT2D eigenvalue weighted by Crippen LogP contribution is -2.51. The lowest BCUT2D eigenvalue weighted by Gasteiger charge is -2.33. The van der Waals surface area contributed by atoms with Crippen molar-refractivity contribution in [1.82, 2.24) is 15.5 Å². The van der Waals surface area contributed by atoms with Crippen LogP contribution in [0.3, 0.4) is 0 Å². The highest BCUT2D eigenvalue weighted by Crippen LogP contribution is 2.26. The highest BCUT2D eigenvalue weighted by molar-refractivity contribution is 5.98. The van der Waals surface area contributed by atoms with Crippen LogP contribution in [0.25, 0.3) is 0 Å². The van der Waals surface area contributed by atoms with Crippen LogP contribution >= 0.6 is 0 Å². The second kappa shape index (κ2) is 9.74. The maximum atomic E-state index is 12.8. The smallest absolute Gasteiger partial charge is 0.246 e. The van der Waals surface area contributed by atoms with Gasteiger partial charge in [0.2, 0.25) is 5.91 Å². The van der Waals surface area contributed by atoms with Gasteiger partial charge in [0.15, 0.2) is 5.96 Å². The van der Waals surface area contributed by atoms with E-state index in [1.165, 1.54) is 18.5 Å². The molecule has 1 amide bonds. The summed E-state index contributed by atoms with van der Waals surface area (Å²) in [6.07, 6.45) is 5.52. The molecule has 1 aromatic carbocycles. The summed E-state index contributed by atoms with van der Waals surface area (Å²) in [7, 11) is 1.77. The summed E-state index contributed by atoms with van der Waals surface area (Å²) in [5, 5.41) is 6.70. The number of rotatable bonds is 5. The minimum atomic E-state index is 0.0999. The van der Waals surface area contributed by atoms with E-state index in [2.05, 4.69) is 33.5 Å². The normalized spacial score (nSPS) is 18.9. The van der Waals surface area contributed by atoms with Gasteiger partial charge in [-0.3, -0.25) is 9.79 Å². The van der Waals surface area contributed by atoms with E-state index in [0.717, 1.165) is 57.0 Å². The van der Waals surface area contributed by atoms with Gasteiger partial charge in [-0.2, -0.15) is 0 Å². The molecule has 1 saturated heterocycles. The van der Waals surface area contributed by atoms with Crippen molar-refractivity contribution >= 4 is 17.6 Å². The van der Waals surface area contributed by atoms with Gasteiger partial charge in [0, 0.05) is 38.4 Å². The van der Waals surface area contributed by atoms with Crippen LogP contribution in [-0.4, -0.2) is 62.6 Å². The fourth-order valence-electron chi connectivity index (χ4n) is 4.05. The van der Waals surface area contributed by atoms with Crippen molar-refractivity contribution in [3.8, 4) is 0 Å². The molecule has 0 bridgehead atoms. The number of hydrogen-bond acceptors (Lipinski definition) is 3. The Balaban J connectivity index is 1.48. The number of piperidine rings is 1. The van der Waals surface area contributed by atoms with Crippen LogP contribution in [0, 0.1) is 0 Å². The third-order valence-electron chi connectivity index (χ3n) is 5.51. The SMILES string of the molecule is CCCN1CCC(NC(=NC)NCC(=O)N2CCCc3ccccc32)CC1. The van der Waals surface area contributed by atoms with Crippen molar-refractivity contribution in [2.75, 3.05) is 44.7 Å². The van der Waals surface area contributed by atoms with Crippen LogP contribution < -0.4 is 15.5 Å². The van der Waals surface area contributed by atoms with Crippen molar-refractivity contribution in [2.45, 2.75) is 45.1 Å². The van der Waals surface area contributed by atoms with Crippen LogP contribution in [0.15, 0.2) is 29.3 Å². The summed E-state index contributed by atoms with van der Waals surface area (Å²) in [6, 6.07) is 8.64. The summed E-state index contributed by atoms with van der Waals surface area (Å²) >= 11 is 0. The molecule has 0 atom stereocenters. The number of aliphatic imine (C=N–C) groups is 1. The van der Waals surface area contributed by atoms with Crippen molar-refractivity contribution in [1.29, 1.82) is 0 Å². The Morgan fingerprint density at radius 1 is 1.22 bits per heavy atom. The number of amides is 1. The van der Waals surface area contributed by atoms with Crippen LogP contribution in [0.5, 0.6) is 0 Å². The third-order valence-corrected chi connectivity index (χ3v) is 5.51. The highest BCUT2D eigenvalue weighted by Gasteiger charge is 2.23. The van der Waals surface area contributed by atoms with Gasteiger partial charge in [0.05, 0.1) is 6.54 Å². The van der Waals surface area contributed by atoms with Gasteiger partial charge in [0.25, 0.3) is 0 Å². The van der Waals surface area contributed by atoms with Crippen LogP contribution in [0.2, 0.25) is 0 Å². The van der Waals surface area contributed by atoms with E-state index in [0.29, 0.717) is 6.04 Å². The molecule has 2 aliphatic heterocycles. The van der Waals surface area contributed by atoms with Gasteiger partial charge in [0.1, 0.15) is 0 Å². The van der Waals surface area contributed by atoms with E-state index in [1.807, 2.05) is 23.1 Å². The molecule has 3 rings (SSSR count). The number of carbonyl (C=O) groups excluding carboxylic acids is 1. The molecule has 0 radical (unpaired) electrons. The Bertz CT molecular complexity index is 652. The zero-order chi connectivity index (χ0) is 19.1. The summed E-state index contributed by atoms with van der Waals surface area (Å²) in [5.74, 6) is 0.824. The molecule has 2 heterocycles. The summed E-state index contributed by atoms with van der Waals surface area (Å²) < 4.78 is 0. The molecular weight excluding hydrogens is 338 g/mol. The number of benzene rings is 1. The molecule has 2 aliphatic rings. The second-order valence-corrected chi connectivity index (χ2v) is 7.46. The van der Waals surface area contributed by atoms with Crippen LogP contribution in [0.4, 0.5) is 5.69 Å². The van der Waals surface area contributed by atoms with Gasteiger partial charge >= 0.3 is 0 Å². The fourth-order valence-corrected chi connectivity index (χ4v) is 4.05. The van der Waals surface area contributed by atoms with Crippen LogP contribution in [-0.2, 0) is 11.2 Å². The number of hydrogen-bond donors (Lipinski definition) is 2. The number of fused-ring (bicyclic) bond motifs is 1. The van der Waals surface area contributed by atoms with E-state index < -0.39 is 0 Å². The van der Waals surface area contributed by atoms with Gasteiger partial charge in [-0.15, -0.1) is 0 Å². The molecule has 6 heteroatoms. The number of nitrogens with one attached hydrogen (secondary N) is 2.